The van der Waals surface area contributed by atoms with Crippen molar-refractivity contribution < 1.29 is 22.7 Å². The van der Waals surface area contributed by atoms with Crippen LogP contribution in [0.4, 0.5) is 13.2 Å². The molecule has 0 aliphatic carbocycles. The Morgan fingerprint density at radius 2 is 2.00 bits per heavy atom. The zero-order chi connectivity index (χ0) is 17.7. The van der Waals surface area contributed by atoms with Gasteiger partial charge in [-0.05, 0) is 30.5 Å². The molecule has 2 rings (SSSR count). The van der Waals surface area contributed by atoms with E-state index in [1.165, 1.54) is 12.1 Å². The molecule has 1 saturated heterocycles. The first-order chi connectivity index (χ1) is 11.2. The van der Waals surface area contributed by atoms with E-state index in [2.05, 4.69) is 10.1 Å². The van der Waals surface area contributed by atoms with Crippen LogP contribution in [0, 0.1) is 5.92 Å². The third kappa shape index (κ3) is 5.70. The lowest BCUT2D eigenvalue weighted by Crippen LogP contribution is -2.45. The molecule has 7 heteroatoms. The van der Waals surface area contributed by atoms with Gasteiger partial charge in [0.2, 0.25) is 5.91 Å². The summed E-state index contributed by atoms with van der Waals surface area (Å²) in [6, 6.07) is 6.23. The lowest BCUT2D eigenvalue weighted by atomic mass is 10.0. The monoisotopic (exact) mass is 344 g/mol. The number of benzene rings is 1. The standard InChI is InChI=1S/C17H23F3N2O2/c1-12(2)16(23)22-8-6-14(7-9-22)21-11-13-4-3-5-15(10-13)24-17(18,19)20/h3-5,10,12,14,21H,6-9,11H2,1-2H3. The topological polar surface area (TPSA) is 41.6 Å². The molecule has 1 aliphatic rings. The number of hydrogen-bond donors (Lipinski definition) is 1. The number of piperidine rings is 1. The van der Waals surface area contributed by atoms with Crippen molar-refractivity contribution in [3.63, 3.8) is 0 Å². The number of hydrogen-bond acceptors (Lipinski definition) is 3. The quantitative estimate of drug-likeness (QED) is 0.891. The Balaban J connectivity index is 1.80. The second kappa shape index (κ2) is 7.88. The third-order valence-corrected chi connectivity index (χ3v) is 4.03. The van der Waals surface area contributed by atoms with Crippen LogP contribution in [-0.4, -0.2) is 36.3 Å². The Morgan fingerprint density at radius 1 is 1.33 bits per heavy atom. The summed E-state index contributed by atoms with van der Waals surface area (Å²) in [4.78, 5) is 13.8. The number of ether oxygens (including phenoxy) is 1. The molecule has 134 valence electrons. The van der Waals surface area contributed by atoms with Gasteiger partial charge < -0.3 is 15.0 Å². The molecule has 24 heavy (non-hydrogen) atoms. The van der Waals surface area contributed by atoms with Crippen molar-refractivity contribution in [3.8, 4) is 5.75 Å². The number of nitrogens with zero attached hydrogens (tertiary/aromatic N) is 1. The number of amides is 1. The molecule has 0 spiro atoms. The van der Waals surface area contributed by atoms with Gasteiger partial charge in [-0.15, -0.1) is 13.2 Å². The Bertz CT molecular complexity index is 553. The van der Waals surface area contributed by atoms with E-state index in [1.807, 2.05) is 18.7 Å². The van der Waals surface area contributed by atoms with Crippen LogP contribution in [0.15, 0.2) is 24.3 Å². The summed E-state index contributed by atoms with van der Waals surface area (Å²) < 4.78 is 40.6. The zero-order valence-corrected chi connectivity index (χ0v) is 13.9. The van der Waals surface area contributed by atoms with Gasteiger partial charge in [-0.1, -0.05) is 26.0 Å². The number of alkyl halides is 3. The second-order valence-electron chi connectivity index (χ2n) is 6.33. The van der Waals surface area contributed by atoms with Gasteiger partial charge in [0.05, 0.1) is 0 Å². The fraction of sp³-hybridized carbons (Fsp3) is 0.588. The molecule has 1 heterocycles. The molecule has 1 amide bonds. The van der Waals surface area contributed by atoms with E-state index in [1.54, 1.807) is 12.1 Å². The van der Waals surface area contributed by atoms with E-state index in [0.29, 0.717) is 19.6 Å². The Morgan fingerprint density at radius 3 is 2.58 bits per heavy atom. The number of halogens is 3. The summed E-state index contributed by atoms with van der Waals surface area (Å²) in [7, 11) is 0. The van der Waals surface area contributed by atoms with Crippen LogP contribution in [0.1, 0.15) is 32.3 Å². The molecule has 0 aromatic heterocycles. The van der Waals surface area contributed by atoms with Gasteiger partial charge in [-0.25, -0.2) is 0 Å². The summed E-state index contributed by atoms with van der Waals surface area (Å²) in [6.07, 6.45) is -2.99. The fourth-order valence-corrected chi connectivity index (χ4v) is 2.78. The molecule has 4 nitrogen and oxygen atoms in total. The fourth-order valence-electron chi connectivity index (χ4n) is 2.78. The van der Waals surface area contributed by atoms with Crippen LogP contribution in [-0.2, 0) is 11.3 Å². The molecule has 1 aromatic carbocycles. The summed E-state index contributed by atoms with van der Waals surface area (Å²) >= 11 is 0. The van der Waals surface area contributed by atoms with Crippen molar-refractivity contribution in [1.82, 2.24) is 10.2 Å². The average molecular weight is 344 g/mol. The number of rotatable bonds is 5. The Hall–Kier alpha value is -1.76. The van der Waals surface area contributed by atoms with E-state index < -0.39 is 6.36 Å². The summed E-state index contributed by atoms with van der Waals surface area (Å²) in [5.41, 5.74) is 0.734. The highest BCUT2D eigenvalue weighted by Crippen LogP contribution is 2.23. The van der Waals surface area contributed by atoms with Gasteiger partial charge in [0.25, 0.3) is 0 Å². The van der Waals surface area contributed by atoms with E-state index in [-0.39, 0.29) is 23.6 Å². The molecular weight excluding hydrogens is 321 g/mol. The maximum atomic E-state index is 12.2. The van der Waals surface area contributed by atoms with Crippen molar-refractivity contribution in [3.05, 3.63) is 29.8 Å². The number of carbonyl (C=O) groups excluding carboxylic acids is 1. The molecule has 0 radical (unpaired) electrons. The number of carbonyl (C=O) groups is 1. The molecule has 1 aromatic rings. The zero-order valence-electron chi connectivity index (χ0n) is 13.9. The molecule has 1 N–H and O–H groups in total. The predicted octanol–water partition coefficient (Wildman–Crippen LogP) is 3.32. The van der Waals surface area contributed by atoms with Crippen LogP contribution in [0.5, 0.6) is 5.75 Å². The number of likely N-dealkylation sites (tertiary alicyclic amines) is 1. The van der Waals surface area contributed by atoms with Crippen LogP contribution >= 0.6 is 0 Å². The molecule has 1 aliphatic heterocycles. The molecule has 0 unspecified atom stereocenters. The minimum Gasteiger partial charge on any atom is -0.406 e. The van der Waals surface area contributed by atoms with Crippen LogP contribution < -0.4 is 10.1 Å². The lowest BCUT2D eigenvalue weighted by molar-refractivity contribution is -0.274. The van der Waals surface area contributed by atoms with Gasteiger partial charge in [0.1, 0.15) is 5.75 Å². The normalized spacial score (nSPS) is 16.5. The van der Waals surface area contributed by atoms with E-state index in [4.69, 9.17) is 0 Å². The number of nitrogens with one attached hydrogen (secondary N) is 1. The van der Waals surface area contributed by atoms with Gasteiger partial charge in [-0.2, -0.15) is 0 Å². The van der Waals surface area contributed by atoms with Gasteiger partial charge in [0, 0.05) is 31.6 Å². The van der Waals surface area contributed by atoms with Gasteiger partial charge in [-0.3, -0.25) is 4.79 Å². The molecule has 1 fully saturated rings. The first kappa shape index (κ1) is 18.6. The van der Waals surface area contributed by atoms with E-state index >= 15 is 0 Å². The maximum Gasteiger partial charge on any atom is 0.573 e. The smallest absolute Gasteiger partial charge is 0.406 e. The predicted molar refractivity (Wildman–Crippen MR) is 84.4 cm³/mol. The van der Waals surface area contributed by atoms with E-state index in [0.717, 1.165) is 18.4 Å². The van der Waals surface area contributed by atoms with Crippen molar-refractivity contribution in [2.75, 3.05) is 13.1 Å². The maximum absolute atomic E-state index is 12.2. The molecular formula is C17H23F3N2O2. The third-order valence-electron chi connectivity index (χ3n) is 4.03. The highest BCUT2D eigenvalue weighted by molar-refractivity contribution is 5.78. The van der Waals surface area contributed by atoms with Crippen molar-refractivity contribution in [2.24, 2.45) is 5.92 Å². The molecule has 0 atom stereocenters. The minimum absolute atomic E-state index is 0.00545. The average Bonchev–Trinajstić information content (AvgIpc) is 2.51. The van der Waals surface area contributed by atoms with E-state index in [9.17, 15) is 18.0 Å². The Kier molecular flexibility index (Phi) is 6.10. The Labute approximate surface area is 140 Å². The lowest BCUT2D eigenvalue weighted by Gasteiger charge is -2.33. The highest BCUT2D eigenvalue weighted by Gasteiger charge is 2.31. The SMILES string of the molecule is CC(C)C(=O)N1CCC(NCc2cccc(OC(F)(F)F)c2)CC1. The summed E-state index contributed by atoms with van der Waals surface area (Å²) in [6.45, 7) is 5.68. The van der Waals surface area contributed by atoms with Crippen molar-refractivity contribution in [1.29, 1.82) is 0 Å². The molecule has 0 bridgehead atoms. The van der Waals surface area contributed by atoms with Crippen LogP contribution in [0.2, 0.25) is 0 Å². The minimum atomic E-state index is -4.68. The van der Waals surface area contributed by atoms with Crippen LogP contribution in [0.3, 0.4) is 0 Å². The largest absolute Gasteiger partial charge is 0.573 e. The van der Waals surface area contributed by atoms with Gasteiger partial charge >= 0.3 is 6.36 Å². The first-order valence-electron chi connectivity index (χ1n) is 8.11. The first-order valence-corrected chi connectivity index (χ1v) is 8.11. The summed E-state index contributed by atoms with van der Waals surface area (Å²) in [5.74, 6) is -0.0320. The summed E-state index contributed by atoms with van der Waals surface area (Å²) in [5, 5.41) is 3.34. The van der Waals surface area contributed by atoms with Crippen molar-refractivity contribution in [2.45, 2.75) is 45.6 Å². The van der Waals surface area contributed by atoms with Crippen molar-refractivity contribution >= 4 is 5.91 Å². The second-order valence-corrected chi connectivity index (χ2v) is 6.33. The highest BCUT2D eigenvalue weighted by atomic mass is 19.4. The van der Waals surface area contributed by atoms with Gasteiger partial charge in [0.15, 0.2) is 0 Å². The van der Waals surface area contributed by atoms with Crippen LogP contribution in [0.25, 0.3) is 0 Å². The molecule has 0 saturated carbocycles.